The van der Waals surface area contributed by atoms with Gasteiger partial charge in [-0.2, -0.15) is 0 Å². The number of rotatable bonds is 5. The van der Waals surface area contributed by atoms with E-state index in [1.165, 1.54) is 13.8 Å². The maximum absolute atomic E-state index is 12.0. The van der Waals surface area contributed by atoms with Crippen LogP contribution in [-0.2, 0) is 6.61 Å². The molecule has 4 rings (SSSR count). The van der Waals surface area contributed by atoms with Crippen molar-refractivity contribution in [2.45, 2.75) is 20.5 Å². The molecule has 0 atom stereocenters. The van der Waals surface area contributed by atoms with Crippen molar-refractivity contribution in [3.05, 3.63) is 64.8 Å². The van der Waals surface area contributed by atoms with Gasteiger partial charge in [0, 0.05) is 17.9 Å². The molecule has 0 amide bonds. The summed E-state index contributed by atoms with van der Waals surface area (Å²) in [6, 6.07) is 14.8. The van der Waals surface area contributed by atoms with Gasteiger partial charge in [0.25, 0.3) is 0 Å². The van der Waals surface area contributed by atoms with Crippen LogP contribution in [0.3, 0.4) is 0 Å². The minimum absolute atomic E-state index is 0.117. The van der Waals surface area contributed by atoms with Crippen molar-refractivity contribution in [1.82, 2.24) is 9.97 Å². The number of fused-ring (bicyclic) bond motifs is 2. The number of benzene rings is 2. The SMILES string of the molecule is CC(=O)c1cc(C(C)=O)c2cc(OCc3nc4ccccc4s3)ccc2n1. The topological polar surface area (TPSA) is 69.2 Å². The Morgan fingerprint density at radius 1 is 0.963 bits per heavy atom. The number of aromatic nitrogens is 2. The van der Waals surface area contributed by atoms with Gasteiger partial charge < -0.3 is 4.74 Å². The van der Waals surface area contributed by atoms with Crippen molar-refractivity contribution in [3.8, 4) is 5.75 Å². The summed E-state index contributed by atoms with van der Waals surface area (Å²) in [5, 5.41) is 1.56. The molecule has 27 heavy (non-hydrogen) atoms. The van der Waals surface area contributed by atoms with Gasteiger partial charge in [-0.1, -0.05) is 12.1 Å². The molecule has 0 aliphatic rings. The third-order valence-corrected chi connectivity index (χ3v) is 5.23. The van der Waals surface area contributed by atoms with Crippen molar-refractivity contribution in [2.24, 2.45) is 0 Å². The lowest BCUT2D eigenvalue weighted by Crippen LogP contribution is -2.03. The van der Waals surface area contributed by atoms with Gasteiger partial charge in [-0.15, -0.1) is 11.3 Å². The molecule has 2 heterocycles. The maximum atomic E-state index is 12.0. The Kier molecular flexibility index (Phi) is 4.41. The van der Waals surface area contributed by atoms with Gasteiger partial charge in [0.05, 0.1) is 15.7 Å². The minimum Gasteiger partial charge on any atom is -0.486 e. The Bertz CT molecular complexity index is 1160. The Balaban J connectivity index is 1.66. The van der Waals surface area contributed by atoms with Crippen LogP contribution in [0.1, 0.15) is 39.7 Å². The second-order valence-corrected chi connectivity index (χ2v) is 7.33. The summed E-state index contributed by atoms with van der Waals surface area (Å²) in [6.07, 6.45) is 0. The molecule has 0 bridgehead atoms. The fourth-order valence-corrected chi connectivity index (χ4v) is 3.77. The number of pyridine rings is 1. The molecule has 4 aromatic rings. The number of carbonyl (C=O) groups is 2. The standard InChI is InChI=1S/C21H16N2O3S/c1-12(24)15-10-19(13(2)25)22-17-8-7-14(9-16(15)17)26-11-21-23-18-5-3-4-6-20(18)27-21/h3-10H,11H2,1-2H3. The number of hydrogen-bond donors (Lipinski definition) is 0. The molecule has 0 aliphatic carbocycles. The van der Waals surface area contributed by atoms with Gasteiger partial charge in [0.2, 0.25) is 0 Å². The average molecular weight is 376 g/mol. The quantitative estimate of drug-likeness (QED) is 0.467. The van der Waals surface area contributed by atoms with E-state index in [1.54, 1.807) is 35.6 Å². The molecule has 0 radical (unpaired) electrons. The van der Waals surface area contributed by atoms with Crippen LogP contribution in [0.2, 0.25) is 0 Å². The fraction of sp³-hybridized carbons (Fsp3) is 0.143. The molecule has 2 aromatic carbocycles. The third-order valence-electron chi connectivity index (χ3n) is 4.22. The highest BCUT2D eigenvalue weighted by atomic mass is 32.1. The molecule has 0 spiro atoms. The minimum atomic E-state index is -0.171. The number of nitrogens with zero attached hydrogens (tertiary/aromatic N) is 2. The van der Waals surface area contributed by atoms with E-state index in [0.29, 0.717) is 28.8 Å². The van der Waals surface area contributed by atoms with Crippen LogP contribution >= 0.6 is 11.3 Å². The van der Waals surface area contributed by atoms with E-state index in [-0.39, 0.29) is 17.3 Å². The fourth-order valence-electron chi connectivity index (χ4n) is 2.89. The van der Waals surface area contributed by atoms with Gasteiger partial charge >= 0.3 is 0 Å². The van der Waals surface area contributed by atoms with E-state index >= 15 is 0 Å². The van der Waals surface area contributed by atoms with Crippen LogP contribution in [-0.4, -0.2) is 21.5 Å². The van der Waals surface area contributed by atoms with Gasteiger partial charge in [-0.3, -0.25) is 9.59 Å². The number of carbonyl (C=O) groups excluding carboxylic acids is 2. The molecule has 5 nitrogen and oxygen atoms in total. The summed E-state index contributed by atoms with van der Waals surface area (Å²) in [4.78, 5) is 32.6. The average Bonchev–Trinajstić information content (AvgIpc) is 3.08. The van der Waals surface area contributed by atoms with Crippen molar-refractivity contribution < 1.29 is 14.3 Å². The van der Waals surface area contributed by atoms with E-state index in [9.17, 15) is 9.59 Å². The van der Waals surface area contributed by atoms with Crippen molar-refractivity contribution in [3.63, 3.8) is 0 Å². The first kappa shape index (κ1) is 17.3. The lowest BCUT2D eigenvalue weighted by Gasteiger charge is -2.09. The number of para-hydroxylation sites is 1. The molecule has 0 N–H and O–H groups in total. The van der Waals surface area contributed by atoms with Crippen molar-refractivity contribution in [2.75, 3.05) is 0 Å². The van der Waals surface area contributed by atoms with Crippen LogP contribution in [0.15, 0.2) is 48.5 Å². The zero-order chi connectivity index (χ0) is 19.0. The Morgan fingerprint density at radius 2 is 1.78 bits per heavy atom. The summed E-state index contributed by atoms with van der Waals surface area (Å²) < 4.78 is 7.00. The lowest BCUT2D eigenvalue weighted by molar-refractivity contribution is 0.101. The number of ketones is 2. The zero-order valence-corrected chi connectivity index (χ0v) is 15.7. The molecule has 6 heteroatoms. The Hall–Kier alpha value is -3.12. The second kappa shape index (κ2) is 6.89. The third kappa shape index (κ3) is 3.44. The molecule has 0 fully saturated rings. The highest BCUT2D eigenvalue weighted by molar-refractivity contribution is 7.18. The van der Waals surface area contributed by atoms with E-state index in [4.69, 9.17) is 4.74 Å². The summed E-state index contributed by atoms with van der Waals surface area (Å²) in [7, 11) is 0. The predicted molar refractivity (Wildman–Crippen MR) is 106 cm³/mol. The normalized spacial score (nSPS) is 11.0. The van der Waals surface area contributed by atoms with Crippen LogP contribution in [0.4, 0.5) is 0 Å². The molecular weight excluding hydrogens is 360 g/mol. The van der Waals surface area contributed by atoms with E-state index in [1.807, 2.05) is 24.3 Å². The first-order valence-electron chi connectivity index (χ1n) is 8.45. The van der Waals surface area contributed by atoms with Crippen LogP contribution in [0.25, 0.3) is 21.1 Å². The van der Waals surface area contributed by atoms with E-state index < -0.39 is 0 Å². The van der Waals surface area contributed by atoms with Crippen molar-refractivity contribution in [1.29, 1.82) is 0 Å². The maximum Gasteiger partial charge on any atom is 0.178 e. The number of ether oxygens (including phenoxy) is 1. The van der Waals surface area contributed by atoms with E-state index in [2.05, 4.69) is 9.97 Å². The van der Waals surface area contributed by atoms with Gasteiger partial charge in [-0.25, -0.2) is 9.97 Å². The summed E-state index contributed by atoms with van der Waals surface area (Å²) in [5.74, 6) is 0.338. The highest BCUT2D eigenvalue weighted by Crippen LogP contribution is 2.27. The molecule has 0 aliphatic heterocycles. The molecular formula is C21H16N2O3S. The Labute approximate surface area is 159 Å². The van der Waals surface area contributed by atoms with Crippen LogP contribution in [0, 0.1) is 0 Å². The van der Waals surface area contributed by atoms with Crippen LogP contribution < -0.4 is 4.74 Å². The first-order valence-corrected chi connectivity index (χ1v) is 9.27. The predicted octanol–water partition coefficient (Wildman–Crippen LogP) is 4.83. The molecule has 134 valence electrons. The summed E-state index contributed by atoms with van der Waals surface area (Å²) >= 11 is 1.59. The Morgan fingerprint density at radius 3 is 2.52 bits per heavy atom. The highest BCUT2D eigenvalue weighted by Gasteiger charge is 2.13. The monoisotopic (exact) mass is 376 g/mol. The smallest absolute Gasteiger partial charge is 0.178 e. The first-order chi connectivity index (χ1) is 13.0. The number of thiazole rings is 1. The molecule has 0 saturated carbocycles. The van der Waals surface area contributed by atoms with Crippen LogP contribution in [0.5, 0.6) is 5.75 Å². The van der Waals surface area contributed by atoms with E-state index in [0.717, 1.165) is 15.2 Å². The largest absolute Gasteiger partial charge is 0.486 e. The van der Waals surface area contributed by atoms with Crippen molar-refractivity contribution >= 4 is 44.0 Å². The number of hydrogen-bond acceptors (Lipinski definition) is 6. The zero-order valence-electron chi connectivity index (χ0n) is 14.9. The summed E-state index contributed by atoms with van der Waals surface area (Å²) in [5.41, 5.74) is 2.31. The molecule has 0 unspecified atom stereocenters. The van der Waals surface area contributed by atoms with Gasteiger partial charge in [0.1, 0.15) is 23.1 Å². The lowest BCUT2D eigenvalue weighted by atomic mass is 10.0. The van der Waals surface area contributed by atoms with Gasteiger partial charge in [0.15, 0.2) is 11.6 Å². The molecule has 2 aromatic heterocycles. The summed E-state index contributed by atoms with van der Waals surface area (Å²) in [6.45, 7) is 3.26. The second-order valence-electron chi connectivity index (χ2n) is 6.21. The van der Waals surface area contributed by atoms with Gasteiger partial charge in [-0.05, 0) is 43.3 Å². The number of Topliss-reactive ketones (excluding diaryl/α,β-unsaturated/α-hetero) is 2. The molecule has 0 saturated heterocycles.